The van der Waals surface area contributed by atoms with Gasteiger partial charge in [0.1, 0.15) is 5.75 Å². The van der Waals surface area contributed by atoms with Crippen molar-refractivity contribution in [3.63, 3.8) is 0 Å². The van der Waals surface area contributed by atoms with Crippen molar-refractivity contribution in [1.29, 1.82) is 0 Å². The Hall–Kier alpha value is -1.02. The summed E-state index contributed by atoms with van der Waals surface area (Å²) in [5, 5.41) is 3.56. The first-order valence-electron chi connectivity index (χ1n) is 8.60. The summed E-state index contributed by atoms with van der Waals surface area (Å²) >= 11 is 0. The molecule has 1 fully saturated rings. The first kappa shape index (κ1) is 16.4. The van der Waals surface area contributed by atoms with E-state index in [1.807, 2.05) is 0 Å². The van der Waals surface area contributed by atoms with Crippen molar-refractivity contribution >= 4 is 0 Å². The third-order valence-electron chi connectivity index (χ3n) is 4.93. The van der Waals surface area contributed by atoms with E-state index >= 15 is 0 Å². The molecule has 0 heterocycles. The molecular weight excluding hydrogens is 258 g/mol. The van der Waals surface area contributed by atoms with Crippen LogP contribution in [-0.4, -0.2) is 12.6 Å². The van der Waals surface area contributed by atoms with Crippen LogP contribution in [0.4, 0.5) is 0 Å². The van der Waals surface area contributed by atoms with Crippen LogP contribution in [0, 0.1) is 11.8 Å². The minimum atomic E-state index is 0.348. The van der Waals surface area contributed by atoms with Gasteiger partial charge in [-0.25, -0.2) is 0 Å². The fraction of sp³-hybridized carbons (Fsp3) is 0.684. The van der Waals surface area contributed by atoms with E-state index in [9.17, 15) is 0 Å². The highest BCUT2D eigenvalue weighted by Gasteiger charge is 2.26. The highest BCUT2D eigenvalue weighted by molar-refractivity contribution is 5.35. The Balaban J connectivity index is 2.02. The van der Waals surface area contributed by atoms with Gasteiger partial charge in [-0.3, -0.25) is 0 Å². The fourth-order valence-corrected chi connectivity index (χ4v) is 3.20. The van der Waals surface area contributed by atoms with Crippen LogP contribution in [0.2, 0.25) is 0 Å². The highest BCUT2D eigenvalue weighted by Crippen LogP contribution is 2.33. The van der Waals surface area contributed by atoms with E-state index in [2.05, 4.69) is 57.3 Å². The number of benzene rings is 1. The molecule has 0 saturated heterocycles. The van der Waals surface area contributed by atoms with E-state index in [1.54, 1.807) is 0 Å². The summed E-state index contributed by atoms with van der Waals surface area (Å²) in [4.78, 5) is 0. The Morgan fingerprint density at radius 3 is 2.67 bits per heavy atom. The van der Waals surface area contributed by atoms with Gasteiger partial charge in [0.2, 0.25) is 0 Å². The molecule has 21 heavy (non-hydrogen) atoms. The van der Waals surface area contributed by atoms with E-state index in [0.717, 1.165) is 30.6 Å². The summed E-state index contributed by atoms with van der Waals surface area (Å²) in [6.45, 7) is 10.2. The standard InChI is InChI=1S/C19H31NO/c1-5-12-20-16(4)18-8-6-7-9-19(18)21-17-11-10-14(2)15(3)13-17/h6-9,14-17,20H,5,10-13H2,1-4H3. The summed E-state index contributed by atoms with van der Waals surface area (Å²) in [5.74, 6) is 2.68. The Morgan fingerprint density at radius 1 is 1.19 bits per heavy atom. The van der Waals surface area contributed by atoms with Gasteiger partial charge in [0.15, 0.2) is 0 Å². The second-order valence-electron chi connectivity index (χ2n) is 6.72. The quantitative estimate of drug-likeness (QED) is 0.800. The Kier molecular flexibility index (Phi) is 6.10. The molecule has 0 amide bonds. The number of nitrogens with one attached hydrogen (secondary N) is 1. The molecule has 2 rings (SSSR count). The smallest absolute Gasteiger partial charge is 0.124 e. The summed E-state index contributed by atoms with van der Waals surface area (Å²) < 4.78 is 6.37. The average Bonchev–Trinajstić information content (AvgIpc) is 2.49. The molecule has 2 heteroatoms. The molecule has 1 aliphatic carbocycles. The van der Waals surface area contributed by atoms with Gasteiger partial charge in [0.25, 0.3) is 0 Å². The van der Waals surface area contributed by atoms with Crippen molar-refractivity contribution in [2.45, 2.75) is 65.5 Å². The molecular formula is C19H31NO. The predicted octanol–water partition coefficient (Wildman–Crippen LogP) is 4.95. The largest absolute Gasteiger partial charge is 0.490 e. The van der Waals surface area contributed by atoms with Crippen LogP contribution in [0.1, 0.15) is 65.0 Å². The SMILES string of the molecule is CCCNC(C)c1ccccc1OC1CCC(C)C(C)C1. The third kappa shape index (κ3) is 4.47. The molecule has 1 aliphatic rings. The zero-order chi connectivity index (χ0) is 15.2. The van der Waals surface area contributed by atoms with Gasteiger partial charge >= 0.3 is 0 Å². The normalized spacial score (nSPS) is 27.3. The van der Waals surface area contributed by atoms with Gasteiger partial charge in [-0.2, -0.15) is 0 Å². The van der Waals surface area contributed by atoms with Gasteiger partial charge < -0.3 is 10.1 Å². The molecule has 0 radical (unpaired) electrons. The Labute approximate surface area is 130 Å². The van der Waals surface area contributed by atoms with Crippen molar-refractivity contribution < 1.29 is 4.74 Å². The van der Waals surface area contributed by atoms with E-state index in [4.69, 9.17) is 4.74 Å². The van der Waals surface area contributed by atoms with Crippen LogP contribution in [-0.2, 0) is 0 Å². The maximum absolute atomic E-state index is 6.37. The molecule has 0 bridgehead atoms. The fourth-order valence-electron chi connectivity index (χ4n) is 3.20. The number of rotatable bonds is 6. The van der Waals surface area contributed by atoms with Crippen LogP contribution < -0.4 is 10.1 Å². The van der Waals surface area contributed by atoms with Gasteiger partial charge in [-0.05, 0) is 57.1 Å². The lowest BCUT2D eigenvalue weighted by molar-refractivity contribution is 0.0992. The zero-order valence-corrected chi connectivity index (χ0v) is 14.1. The second-order valence-corrected chi connectivity index (χ2v) is 6.72. The van der Waals surface area contributed by atoms with Crippen LogP contribution in [0.5, 0.6) is 5.75 Å². The zero-order valence-electron chi connectivity index (χ0n) is 14.1. The molecule has 1 saturated carbocycles. The van der Waals surface area contributed by atoms with Gasteiger partial charge in [0.05, 0.1) is 6.10 Å². The highest BCUT2D eigenvalue weighted by atomic mass is 16.5. The third-order valence-corrected chi connectivity index (χ3v) is 4.93. The van der Waals surface area contributed by atoms with E-state index in [-0.39, 0.29) is 0 Å². The number of ether oxygens (including phenoxy) is 1. The molecule has 1 N–H and O–H groups in total. The van der Waals surface area contributed by atoms with Crippen LogP contribution in [0.3, 0.4) is 0 Å². The van der Waals surface area contributed by atoms with Gasteiger partial charge in [-0.1, -0.05) is 39.0 Å². The molecule has 0 aromatic heterocycles. The molecule has 4 atom stereocenters. The van der Waals surface area contributed by atoms with Crippen molar-refractivity contribution in [2.24, 2.45) is 11.8 Å². The minimum absolute atomic E-state index is 0.348. The minimum Gasteiger partial charge on any atom is -0.490 e. The van der Waals surface area contributed by atoms with E-state index < -0.39 is 0 Å². The van der Waals surface area contributed by atoms with Crippen molar-refractivity contribution in [1.82, 2.24) is 5.32 Å². The van der Waals surface area contributed by atoms with E-state index in [0.29, 0.717) is 12.1 Å². The number of hydrogen-bond donors (Lipinski definition) is 1. The molecule has 4 unspecified atom stereocenters. The maximum Gasteiger partial charge on any atom is 0.124 e. The van der Waals surface area contributed by atoms with Gasteiger partial charge in [0, 0.05) is 11.6 Å². The number of hydrogen-bond acceptors (Lipinski definition) is 2. The molecule has 118 valence electrons. The monoisotopic (exact) mass is 289 g/mol. The lowest BCUT2D eigenvalue weighted by atomic mass is 9.80. The van der Waals surface area contributed by atoms with Crippen LogP contribution in [0.25, 0.3) is 0 Å². The molecule has 1 aromatic carbocycles. The first-order valence-corrected chi connectivity index (χ1v) is 8.60. The molecule has 1 aromatic rings. The summed E-state index contributed by atoms with van der Waals surface area (Å²) in [6, 6.07) is 8.86. The van der Waals surface area contributed by atoms with Crippen molar-refractivity contribution in [3.05, 3.63) is 29.8 Å². The Morgan fingerprint density at radius 2 is 1.95 bits per heavy atom. The predicted molar refractivity (Wildman–Crippen MR) is 89.7 cm³/mol. The van der Waals surface area contributed by atoms with Crippen molar-refractivity contribution in [3.8, 4) is 5.75 Å². The summed E-state index contributed by atoms with van der Waals surface area (Å²) in [6.07, 6.45) is 5.21. The lowest BCUT2D eigenvalue weighted by Crippen LogP contribution is -2.29. The Bertz CT molecular complexity index is 431. The van der Waals surface area contributed by atoms with Crippen LogP contribution in [0.15, 0.2) is 24.3 Å². The summed E-state index contributed by atoms with van der Waals surface area (Å²) in [7, 11) is 0. The summed E-state index contributed by atoms with van der Waals surface area (Å²) in [5.41, 5.74) is 1.29. The second kappa shape index (κ2) is 7.84. The molecule has 0 spiro atoms. The van der Waals surface area contributed by atoms with E-state index in [1.165, 1.54) is 24.8 Å². The van der Waals surface area contributed by atoms with Crippen LogP contribution >= 0.6 is 0 Å². The van der Waals surface area contributed by atoms with Crippen molar-refractivity contribution in [2.75, 3.05) is 6.54 Å². The first-order chi connectivity index (χ1) is 10.1. The maximum atomic E-state index is 6.37. The topological polar surface area (TPSA) is 21.3 Å². The number of para-hydroxylation sites is 1. The molecule has 2 nitrogen and oxygen atoms in total. The lowest BCUT2D eigenvalue weighted by Gasteiger charge is -2.33. The van der Waals surface area contributed by atoms with Gasteiger partial charge in [-0.15, -0.1) is 0 Å². The molecule has 0 aliphatic heterocycles. The average molecular weight is 289 g/mol.